The van der Waals surface area contributed by atoms with Gasteiger partial charge in [0.05, 0.1) is 4.90 Å². The number of hydrogen-bond acceptors (Lipinski definition) is 5. The van der Waals surface area contributed by atoms with Gasteiger partial charge < -0.3 is 4.90 Å². The number of sulfonamides is 1. The fourth-order valence-corrected chi connectivity index (χ4v) is 6.90. The van der Waals surface area contributed by atoms with E-state index in [-0.39, 0.29) is 0 Å². The van der Waals surface area contributed by atoms with Gasteiger partial charge in [0.1, 0.15) is 11.6 Å². The monoisotopic (exact) mass is 498 g/mol. The lowest BCUT2D eigenvalue weighted by Gasteiger charge is -2.36. The summed E-state index contributed by atoms with van der Waals surface area (Å²) in [5.41, 5.74) is 5.63. The molecule has 0 amide bonds. The summed E-state index contributed by atoms with van der Waals surface area (Å²) in [4.78, 5) is 12.0. The highest BCUT2D eigenvalue weighted by atomic mass is 35.5. The number of rotatable bonds is 5. The van der Waals surface area contributed by atoms with Crippen molar-refractivity contribution in [3.05, 3.63) is 80.8 Å². The Morgan fingerprint density at radius 2 is 1.53 bits per heavy atom. The van der Waals surface area contributed by atoms with E-state index >= 15 is 0 Å². The van der Waals surface area contributed by atoms with Crippen molar-refractivity contribution < 1.29 is 8.42 Å². The molecule has 6 nitrogen and oxygen atoms in total. The van der Waals surface area contributed by atoms with Gasteiger partial charge in [0.25, 0.3) is 0 Å². The van der Waals surface area contributed by atoms with E-state index in [9.17, 15) is 8.42 Å². The third kappa shape index (κ3) is 4.83. The van der Waals surface area contributed by atoms with Crippen LogP contribution in [-0.2, 0) is 16.4 Å². The molecule has 1 aliphatic rings. The van der Waals surface area contributed by atoms with Crippen LogP contribution in [0.4, 0.5) is 5.82 Å². The summed E-state index contributed by atoms with van der Waals surface area (Å²) in [7, 11) is -3.57. The van der Waals surface area contributed by atoms with Crippen molar-refractivity contribution in [2.75, 3.05) is 31.1 Å². The van der Waals surface area contributed by atoms with Crippen LogP contribution in [0.25, 0.3) is 0 Å². The van der Waals surface area contributed by atoms with Gasteiger partial charge in [0.15, 0.2) is 0 Å². The second-order valence-electron chi connectivity index (χ2n) is 9.05. The van der Waals surface area contributed by atoms with E-state index in [0.29, 0.717) is 48.3 Å². The zero-order valence-corrected chi connectivity index (χ0v) is 22.0. The van der Waals surface area contributed by atoms with E-state index in [0.717, 1.165) is 39.3 Å². The maximum atomic E-state index is 13.5. The smallest absolute Gasteiger partial charge is 0.243 e. The molecule has 3 aromatic rings. The first-order chi connectivity index (χ1) is 16.1. The quantitative estimate of drug-likeness (QED) is 0.506. The van der Waals surface area contributed by atoms with E-state index in [2.05, 4.69) is 9.88 Å². The number of nitrogens with zero attached hydrogens (tertiary/aromatic N) is 4. The van der Waals surface area contributed by atoms with Crippen LogP contribution in [-0.4, -0.2) is 48.9 Å². The summed E-state index contributed by atoms with van der Waals surface area (Å²) in [6, 6.07) is 11.7. The largest absolute Gasteiger partial charge is 0.354 e. The van der Waals surface area contributed by atoms with Crippen molar-refractivity contribution in [1.29, 1.82) is 0 Å². The number of piperazine rings is 1. The summed E-state index contributed by atoms with van der Waals surface area (Å²) in [6.45, 7) is 11.6. The normalized spacial score (nSPS) is 15.1. The minimum Gasteiger partial charge on any atom is -0.354 e. The summed E-state index contributed by atoms with van der Waals surface area (Å²) in [5.74, 6) is 1.57. The second kappa shape index (κ2) is 9.64. The first-order valence-corrected chi connectivity index (χ1v) is 13.3. The van der Waals surface area contributed by atoms with Gasteiger partial charge in [0, 0.05) is 48.9 Å². The zero-order chi connectivity index (χ0) is 24.6. The van der Waals surface area contributed by atoms with E-state index in [1.165, 1.54) is 0 Å². The topological polar surface area (TPSA) is 66.4 Å². The van der Waals surface area contributed by atoms with Crippen molar-refractivity contribution in [2.45, 2.75) is 45.9 Å². The fourth-order valence-electron chi connectivity index (χ4n) is 4.86. The molecule has 0 unspecified atom stereocenters. The molecule has 2 heterocycles. The van der Waals surface area contributed by atoms with Gasteiger partial charge in [0.2, 0.25) is 10.0 Å². The van der Waals surface area contributed by atoms with Crippen molar-refractivity contribution >= 4 is 27.4 Å². The van der Waals surface area contributed by atoms with Crippen molar-refractivity contribution in [3.63, 3.8) is 0 Å². The predicted molar refractivity (Wildman–Crippen MR) is 137 cm³/mol. The standard InChI is InChI=1S/C26H31ClN4O2S/c1-17-14-18(2)25(19(3)15-17)34(32,33)31-12-10-30(11-13-31)26-23(20(4)28-21(5)29-26)16-22-8-6-7-9-24(22)27/h6-9,14-15H,10-13,16H2,1-5H3. The molecule has 1 aromatic heterocycles. The summed E-state index contributed by atoms with van der Waals surface area (Å²) >= 11 is 6.43. The first kappa shape index (κ1) is 24.6. The molecule has 8 heteroatoms. The van der Waals surface area contributed by atoms with Gasteiger partial charge in [-0.3, -0.25) is 0 Å². The van der Waals surface area contributed by atoms with Crippen molar-refractivity contribution in [1.82, 2.24) is 14.3 Å². The van der Waals surface area contributed by atoms with E-state index in [1.54, 1.807) is 4.31 Å². The summed E-state index contributed by atoms with van der Waals surface area (Å²) < 4.78 is 28.6. The number of aryl methyl sites for hydroxylation is 5. The highest BCUT2D eigenvalue weighted by molar-refractivity contribution is 7.89. The second-order valence-corrected chi connectivity index (χ2v) is 11.3. The number of anilines is 1. The van der Waals surface area contributed by atoms with E-state index in [1.807, 2.05) is 71.0 Å². The molecule has 4 rings (SSSR count). The maximum Gasteiger partial charge on any atom is 0.243 e. The molecule has 1 aliphatic heterocycles. The van der Waals surface area contributed by atoms with Crippen LogP contribution in [0, 0.1) is 34.6 Å². The maximum absolute atomic E-state index is 13.5. The molecular formula is C26H31ClN4O2S. The Balaban J connectivity index is 1.60. The van der Waals surface area contributed by atoms with Crippen LogP contribution in [0.2, 0.25) is 5.02 Å². The molecule has 180 valence electrons. The highest BCUT2D eigenvalue weighted by Crippen LogP contribution is 2.30. The summed E-state index contributed by atoms with van der Waals surface area (Å²) in [6.07, 6.45) is 0.626. The van der Waals surface area contributed by atoms with Gasteiger partial charge >= 0.3 is 0 Å². The SMILES string of the molecule is Cc1cc(C)c(S(=O)(=O)N2CCN(c3nc(C)nc(C)c3Cc3ccccc3Cl)CC2)c(C)c1. The molecule has 2 aromatic carbocycles. The van der Waals surface area contributed by atoms with Crippen LogP contribution in [0.3, 0.4) is 0 Å². The van der Waals surface area contributed by atoms with Crippen LogP contribution in [0.1, 0.15) is 39.3 Å². The molecule has 0 spiro atoms. The molecule has 0 radical (unpaired) electrons. The van der Waals surface area contributed by atoms with E-state index < -0.39 is 10.0 Å². The van der Waals surface area contributed by atoms with Gasteiger partial charge in [-0.2, -0.15) is 4.31 Å². The van der Waals surface area contributed by atoms with Gasteiger partial charge in [-0.05, 0) is 57.4 Å². The molecule has 34 heavy (non-hydrogen) atoms. The Kier molecular flexibility index (Phi) is 6.99. The fraction of sp³-hybridized carbons (Fsp3) is 0.385. The molecule has 0 saturated carbocycles. The minimum atomic E-state index is -3.57. The van der Waals surface area contributed by atoms with Gasteiger partial charge in [-0.25, -0.2) is 18.4 Å². The van der Waals surface area contributed by atoms with Gasteiger partial charge in [-0.1, -0.05) is 47.5 Å². The average Bonchev–Trinajstić information content (AvgIpc) is 2.76. The van der Waals surface area contributed by atoms with Crippen molar-refractivity contribution in [2.24, 2.45) is 0 Å². The Hall–Kier alpha value is -2.48. The van der Waals surface area contributed by atoms with Crippen LogP contribution in [0.5, 0.6) is 0 Å². The molecule has 1 saturated heterocycles. The lowest BCUT2D eigenvalue weighted by atomic mass is 10.0. The van der Waals surface area contributed by atoms with Crippen molar-refractivity contribution in [3.8, 4) is 0 Å². The zero-order valence-electron chi connectivity index (χ0n) is 20.4. The highest BCUT2D eigenvalue weighted by Gasteiger charge is 2.32. The molecule has 0 N–H and O–H groups in total. The van der Waals surface area contributed by atoms with Crippen LogP contribution >= 0.6 is 11.6 Å². The predicted octanol–water partition coefficient (Wildman–Crippen LogP) is 4.77. The number of benzene rings is 2. The number of hydrogen-bond donors (Lipinski definition) is 0. The molecule has 0 atom stereocenters. The third-order valence-electron chi connectivity index (χ3n) is 6.37. The lowest BCUT2D eigenvalue weighted by molar-refractivity contribution is 0.383. The average molecular weight is 499 g/mol. The van der Waals surface area contributed by atoms with Crippen LogP contribution < -0.4 is 4.90 Å². The molecule has 0 bridgehead atoms. The number of halogens is 1. The molecule has 1 fully saturated rings. The molecular weight excluding hydrogens is 468 g/mol. The Morgan fingerprint density at radius 1 is 0.912 bits per heavy atom. The Morgan fingerprint density at radius 3 is 2.15 bits per heavy atom. The van der Waals surface area contributed by atoms with E-state index in [4.69, 9.17) is 16.6 Å². The third-order valence-corrected chi connectivity index (χ3v) is 8.94. The Bertz CT molecular complexity index is 1310. The van der Waals surface area contributed by atoms with Gasteiger partial charge in [-0.15, -0.1) is 0 Å². The minimum absolute atomic E-state index is 0.405. The Labute approximate surface area is 207 Å². The lowest BCUT2D eigenvalue weighted by Crippen LogP contribution is -2.49. The number of aromatic nitrogens is 2. The molecule has 0 aliphatic carbocycles. The summed E-state index contributed by atoms with van der Waals surface area (Å²) in [5, 5.41) is 0.716. The first-order valence-electron chi connectivity index (χ1n) is 11.5. The van der Waals surface area contributed by atoms with Crippen LogP contribution in [0.15, 0.2) is 41.3 Å².